The summed E-state index contributed by atoms with van der Waals surface area (Å²) >= 11 is 0. The van der Waals surface area contributed by atoms with Crippen LogP contribution in [0.25, 0.3) is 0 Å². The Morgan fingerprint density at radius 2 is 2.06 bits per heavy atom. The minimum atomic E-state index is -1.57. The Morgan fingerprint density at radius 3 is 2.72 bits per heavy atom. The van der Waals surface area contributed by atoms with Gasteiger partial charge >= 0.3 is 0 Å². The van der Waals surface area contributed by atoms with Crippen LogP contribution in [0.15, 0.2) is 12.1 Å². The molecule has 1 saturated heterocycles. The summed E-state index contributed by atoms with van der Waals surface area (Å²) in [5.41, 5.74) is -0.329. The average Bonchev–Trinajstić information content (AvgIpc) is 2.40. The van der Waals surface area contributed by atoms with Crippen molar-refractivity contribution in [2.75, 3.05) is 18.4 Å². The molecule has 1 atom stereocenters. The second-order valence-corrected chi connectivity index (χ2v) is 4.26. The van der Waals surface area contributed by atoms with Gasteiger partial charge < -0.3 is 10.6 Å². The van der Waals surface area contributed by atoms with Gasteiger partial charge in [0.05, 0.1) is 11.6 Å². The van der Waals surface area contributed by atoms with Crippen LogP contribution in [0.1, 0.15) is 12.8 Å². The van der Waals surface area contributed by atoms with Crippen LogP contribution in [-0.2, 0) is 4.79 Å². The van der Waals surface area contributed by atoms with Crippen molar-refractivity contribution in [1.82, 2.24) is 5.32 Å². The lowest BCUT2D eigenvalue weighted by molar-refractivity contribution is -0.120. The Morgan fingerprint density at radius 1 is 1.28 bits per heavy atom. The van der Waals surface area contributed by atoms with Gasteiger partial charge in [0.25, 0.3) is 0 Å². The molecule has 3 nitrogen and oxygen atoms in total. The Labute approximate surface area is 102 Å². The van der Waals surface area contributed by atoms with Crippen LogP contribution in [0.3, 0.4) is 0 Å². The van der Waals surface area contributed by atoms with Gasteiger partial charge in [-0.25, -0.2) is 13.2 Å². The first-order valence-corrected chi connectivity index (χ1v) is 5.74. The quantitative estimate of drug-likeness (QED) is 0.797. The molecular weight excluding hydrogens is 245 g/mol. The third kappa shape index (κ3) is 2.64. The molecule has 1 heterocycles. The van der Waals surface area contributed by atoms with E-state index < -0.39 is 17.5 Å². The maximum Gasteiger partial charge on any atom is 0.228 e. The van der Waals surface area contributed by atoms with Gasteiger partial charge in [0, 0.05) is 6.54 Å². The molecule has 1 fully saturated rings. The molecule has 0 bridgehead atoms. The number of amides is 1. The van der Waals surface area contributed by atoms with E-state index in [1.165, 1.54) is 0 Å². The van der Waals surface area contributed by atoms with Gasteiger partial charge in [-0.15, -0.1) is 0 Å². The summed E-state index contributed by atoms with van der Waals surface area (Å²) < 4.78 is 39.0. The standard InChI is InChI=1S/C12H13F3N2O/c13-8-3-4-9(11(15)10(8)14)17-12(18)7-2-1-5-16-6-7/h3-4,7,16H,1-2,5-6H2,(H,17,18)/t7-/m1/s1. The molecule has 1 amide bonds. The number of carbonyl (C=O) groups excluding carboxylic acids is 1. The van der Waals surface area contributed by atoms with Crippen molar-refractivity contribution >= 4 is 11.6 Å². The normalized spacial score (nSPS) is 19.6. The number of rotatable bonds is 2. The van der Waals surface area contributed by atoms with Crippen molar-refractivity contribution in [2.45, 2.75) is 12.8 Å². The lowest BCUT2D eigenvalue weighted by atomic mass is 9.99. The van der Waals surface area contributed by atoms with Crippen LogP contribution >= 0.6 is 0 Å². The zero-order valence-electron chi connectivity index (χ0n) is 9.60. The maximum absolute atomic E-state index is 13.3. The molecule has 6 heteroatoms. The molecule has 0 saturated carbocycles. The first-order valence-electron chi connectivity index (χ1n) is 5.74. The molecule has 18 heavy (non-hydrogen) atoms. The number of anilines is 1. The van der Waals surface area contributed by atoms with E-state index in [0.29, 0.717) is 13.0 Å². The summed E-state index contributed by atoms with van der Waals surface area (Å²) in [5, 5.41) is 5.34. The van der Waals surface area contributed by atoms with E-state index in [9.17, 15) is 18.0 Å². The van der Waals surface area contributed by atoms with Gasteiger partial charge in [0.15, 0.2) is 17.5 Å². The molecular formula is C12H13F3N2O. The fraction of sp³-hybridized carbons (Fsp3) is 0.417. The van der Waals surface area contributed by atoms with E-state index in [1.54, 1.807) is 0 Å². The molecule has 1 aromatic rings. The third-order valence-electron chi connectivity index (χ3n) is 2.96. The van der Waals surface area contributed by atoms with Gasteiger partial charge in [-0.1, -0.05) is 0 Å². The summed E-state index contributed by atoms with van der Waals surface area (Å²) in [6.07, 6.45) is 1.56. The highest BCUT2D eigenvalue weighted by Crippen LogP contribution is 2.21. The van der Waals surface area contributed by atoms with Gasteiger partial charge in [-0.05, 0) is 31.5 Å². The average molecular weight is 258 g/mol. The van der Waals surface area contributed by atoms with Crippen molar-refractivity contribution in [3.63, 3.8) is 0 Å². The van der Waals surface area contributed by atoms with Crippen LogP contribution in [0.2, 0.25) is 0 Å². The maximum atomic E-state index is 13.3. The second-order valence-electron chi connectivity index (χ2n) is 4.26. The fourth-order valence-electron chi connectivity index (χ4n) is 1.93. The Hall–Kier alpha value is -1.56. The summed E-state index contributed by atoms with van der Waals surface area (Å²) in [5.74, 6) is -4.87. The van der Waals surface area contributed by atoms with Crippen molar-refractivity contribution < 1.29 is 18.0 Å². The topological polar surface area (TPSA) is 41.1 Å². The first-order chi connectivity index (χ1) is 8.59. The summed E-state index contributed by atoms with van der Waals surface area (Å²) in [6, 6.07) is 1.80. The molecule has 0 aromatic heterocycles. The van der Waals surface area contributed by atoms with Crippen LogP contribution in [0.4, 0.5) is 18.9 Å². The summed E-state index contributed by atoms with van der Waals surface area (Å²) in [7, 11) is 0. The van der Waals surface area contributed by atoms with Crippen LogP contribution in [-0.4, -0.2) is 19.0 Å². The van der Waals surface area contributed by atoms with Gasteiger partial charge in [-0.3, -0.25) is 4.79 Å². The molecule has 98 valence electrons. The number of halogens is 3. The molecule has 1 aromatic carbocycles. The smallest absolute Gasteiger partial charge is 0.228 e. The number of benzene rings is 1. The van der Waals surface area contributed by atoms with Gasteiger partial charge in [0.2, 0.25) is 5.91 Å². The Kier molecular flexibility index (Phi) is 3.86. The number of carbonyl (C=O) groups is 1. The van der Waals surface area contributed by atoms with Crippen molar-refractivity contribution in [3.8, 4) is 0 Å². The molecule has 2 N–H and O–H groups in total. The van der Waals surface area contributed by atoms with Crippen LogP contribution < -0.4 is 10.6 Å². The molecule has 0 radical (unpaired) electrons. The van der Waals surface area contributed by atoms with Crippen molar-refractivity contribution in [2.24, 2.45) is 5.92 Å². The number of piperidine rings is 1. The number of hydrogen-bond donors (Lipinski definition) is 2. The second kappa shape index (κ2) is 5.39. The monoisotopic (exact) mass is 258 g/mol. The summed E-state index contributed by atoms with van der Waals surface area (Å²) in [6.45, 7) is 1.36. The Balaban J connectivity index is 2.09. The van der Waals surface area contributed by atoms with Crippen LogP contribution in [0.5, 0.6) is 0 Å². The van der Waals surface area contributed by atoms with Crippen LogP contribution in [0, 0.1) is 23.4 Å². The molecule has 1 aliphatic heterocycles. The predicted molar refractivity (Wildman–Crippen MR) is 60.5 cm³/mol. The van der Waals surface area contributed by atoms with E-state index in [4.69, 9.17) is 0 Å². The fourth-order valence-corrected chi connectivity index (χ4v) is 1.93. The minimum absolute atomic E-state index is 0.272. The third-order valence-corrected chi connectivity index (χ3v) is 2.96. The van der Waals surface area contributed by atoms with E-state index in [0.717, 1.165) is 25.1 Å². The van der Waals surface area contributed by atoms with E-state index >= 15 is 0 Å². The SMILES string of the molecule is O=C(Nc1ccc(F)c(F)c1F)[C@@H]1CCCNC1. The van der Waals surface area contributed by atoms with Gasteiger partial charge in [-0.2, -0.15) is 0 Å². The van der Waals surface area contributed by atoms with E-state index in [1.807, 2.05) is 0 Å². The largest absolute Gasteiger partial charge is 0.323 e. The van der Waals surface area contributed by atoms with Gasteiger partial charge in [0.1, 0.15) is 0 Å². The summed E-state index contributed by atoms with van der Waals surface area (Å²) in [4.78, 5) is 11.8. The zero-order chi connectivity index (χ0) is 13.1. The highest BCUT2D eigenvalue weighted by atomic mass is 19.2. The number of hydrogen-bond acceptors (Lipinski definition) is 2. The zero-order valence-corrected chi connectivity index (χ0v) is 9.60. The highest BCUT2D eigenvalue weighted by Gasteiger charge is 2.23. The molecule has 0 aliphatic carbocycles. The van der Waals surface area contributed by atoms with Crippen molar-refractivity contribution in [3.05, 3.63) is 29.6 Å². The van der Waals surface area contributed by atoms with E-state index in [2.05, 4.69) is 10.6 Å². The molecule has 1 aliphatic rings. The lowest BCUT2D eigenvalue weighted by Crippen LogP contribution is -2.37. The first kappa shape index (κ1) is 12.9. The molecule has 0 spiro atoms. The van der Waals surface area contributed by atoms with Crippen molar-refractivity contribution in [1.29, 1.82) is 0 Å². The minimum Gasteiger partial charge on any atom is -0.323 e. The predicted octanol–water partition coefficient (Wildman–Crippen LogP) is 2.04. The van der Waals surface area contributed by atoms with E-state index in [-0.39, 0.29) is 17.5 Å². The lowest BCUT2D eigenvalue weighted by Gasteiger charge is -2.22. The molecule has 2 rings (SSSR count). The number of nitrogens with one attached hydrogen (secondary N) is 2. The molecule has 0 unspecified atom stereocenters. The highest BCUT2D eigenvalue weighted by molar-refractivity contribution is 5.92. The Bertz CT molecular complexity index is 459.